The van der Waals surface area contributed by atoms with Gasteiger partial charge in [-0.25, -0.2) is 9.78 Å². The number of carboxylic acids is 1. The number of hydrogen-bond acceptors (Lipinski definition) is 7. The number of aliphatic carboxylic acids is 1. The van der Waals surface area contributed by atoms with E-state index in [1.54, 1.807) is 0 Å². The van der Waals surface area contributed by atoms with Gasteiger partial charge in [-0.3, -0.25) is 0 Å². The first-order valence-corrected chi connectivity index (χ1v) is 6.31. The van der Waals surface area contributed by atoms with Crippen molar-refractivity contribution in [2.75, 3.05) is 18.9 Å². The van der Waals surface area contributed by atoms with Crippen LogP contribution in [0.4, 0.5) is 5.13 Å². The van der Waals surface area contributed by atoms with Gasteiger partial charge < -0.3 is 20.4 Å². The van der Waals surface area contributed by atoms with Gasteiger partial charge in [0, 0.05) is 18.2 Å². The number of hydrogen-bond donors (Lipinski definition) is 2. The molecule has 0 unspecified atom stereocenters. The second-order valence-corrected chi connectivity index (χ2v) is 4.62. The lowest BCUT2D eigenvalue weighted by Crippen LogP contribution is -2.23. The number of oxime groups is 1. The largest absolute Gasteiger partial charge is 0.476 e. The number of rotatable bonds is 4. The summed E-state index contributed by atoms with van der Waals surface area (Å²) in [6.07, 6.45) is 1.30. The van der Waals surface area contributed by atoms with Gasteiger partial charge in [0.25, 0.3) is 0 Å². The zero-order valence-electron chi connectivity index (χ0n) is 9.54. The topological polar surface area (TPSA) is 107 Å². The van der Waals surface area contributed by atoms with Crippen LogP contribution in [-0.2, 0) is 14.4 Å². The van der Waals surface area contributed by atoms with E-state index < -0.39 is 5.97 Å². The zero-order chi connectivity index (χ0) is 13.0. The number of nitrogens with zero attached hydrogens (tertiary/aromatic N) is 2. The Morgan fingerprint density at radius 3 is 2.89 bits per heavy atom. The SMILES string of the molecule is Nc1nc(C(=NOC2CCOCC2)C(=O)O)cs1. The van der Waals surface area contributed by atoms with Crippen LogP contribution in [0.5, 0.6) is 0 Å². The predicted octanol–water partition coefficient (Wildman–Crippen LogP) is 0.710. The van der Waals surface area contributed by atoms with E-state index in [0.717, 1.165) is 11.3 Å². The molecule has 1 aromatic rings. The minimum Gasteiger partial charge on any atom is -0.476 e. The lowest BCUT2D eigenvalue weighted by Gasteiger charge is -2.19. The Bertz CT molecular complexity index is 454. The van der Waals surface area contributed by atoms with Crippen LogP contribution in [0.2, 0.25) is 0 Å². The molecule has 7 nitrogen and oxygen atoms in total. The molecule has 2 heterocycles. The van der Waals surface area contributed by atoms with Crippen molar-refractivity contribution < 1.29 is 19.5 Å². The van der Waals surface area contributed by atoms with Crippen LogP contribution in [0.3, 0.4) is 0 Å². The second-order valence-electron chi connectivity index (χ2n) is 3.73. The quantitative estimate of drug-likeness (QED) is 0.617. The van der Waals surface area contributed by atoms with Gasteiger partial charge in [0.15, 0.2) is 5.13 Å². The van der Waals surface area contributed by atoms with Gasteiger partial charge in [-0.1, -0.05) is 5.16 Å². The van der Waals surface area contributed by atoms with E-state index in [-0.39, 0.29) is 17.5 Å². The molecule has 1 aliphatic rings. The minimum atomic E-state index is -1.19. The normalized spacial score (nSPS) is 17.7. The van der Waals surface area contributed by atoms with Crippen molar-refractivity contribution >= 4 is 28.1 Å². The van der Waals surface area contributed by atoms with E-state index in [2.05, 4.69) is 10.1 Å². The van der Waals surface area contributed by atoms with Crippen molar-refractivity contribution in [3.05, 3.63) is 11.1 Å². The Morgan fingerprint density at radius 1 is 1.61 bits per heavy atom. The summed E-state index contributed by atoms with van der Waals surface area (Å²) >= 11 is 1.16. The van der Waals surface area contributed by atoms with Crippen LogP contribution in [-0.4, -0.2) is 41.1 Å². The Hall–Kier alpha value is -1.67. The predicted molar refractivity (Wildman–Crippen MR) is 65.6 cm³/mol. The summed E-state index contributed by atoms with van der Waals surface area (Å²) in [6.45, 7) is 1.21. The highest BCUT2D eigenvalue weighted by Gasteiger charge is 2.20. The first-order valence-electron chi connectivity index (χ1n) is 5.43. The molecule has 0 radical (unpaired) electrons. The number of ether oxygens (including phenoxy) is 1. The molecular formula is C10H13N3O4S. The van der Waals surface area contributed by atoms with Gasteiger partial charge in [0.2, 0.25) is 5.71 Å². The molecule has 0 aromatic carbocycles. The van der Waals surface area contributed by atoms with Crippen molar-refractivity contribution in [2.24, 2.45) is 5.16 Å². The lowest BCUT2D eigenvalue weighted by molar-refractivity contribution is -0.129. The van der Waals surface area contributed by atoms with Gasteiger partial charge in [-0.2, -0.15) is 0 Å². The molecule has 2 rings (SSSR count). The van der Waals surface area contributed by atoms with Crippen LogP contribution in [0.25, 0.3) is 0 Å². The molecule has 0 aliphatic carbocycles. The third-order valence-electron chi connectivity index (χ3n) is 2.43. The molecule has 0 bridgehead atoms. The van der Waals surface area contributed by atoms with Crippen molar-refractivity contribution in [1.82, 2.24) is 4.98 Å². The lowest BCUT2D eigenvalue weighted by atomic mass is 10.2. The number of carbonyl (C=O) groups is 1. The summed E-state index contributed by atoms with van der Waals surface area (Å²) < 4.78 is 5.17. The molecule has 0 atom stereocenters. The maximum Gasteiger partial charge on any atom is 0.360 e. The summed E-state index contributed by atoms with van der Waals surface area (Å²) in [6, 6.07) is 0. The molecule has 1 fully saturated rings. The van der Waals surface area contributed by atoms with Gasteiger partial charge in [-0.15, -0.1) is 11.3 Å². The monoisotopic (exact) mass is 271 g/mol. The Labute approximate surface area is 107 Å². The second kappa shape index (κ2) is 5.78. The first-order chi connectivity index (χ1) is 8.66. The first kappa shape index (κ1) is 12.8. The van der Waals surface area contributed by atoms with Gasteiger partial charge in [0.05, 0.1) is 13.2 Å². The van der Waals surface area contributed by atoms with Gasteiger partial charge >= 0.3 is 5.97 Å². The number of thiazole rings is 1. The van der Waals surface area contributed by atoms with Crippen molar-refractivity contribution in [1.29, 1.82) is 0 Å². The summed E-state index contributed by atoms with van der Waals surface area (Å²) in [7, 11) is 0. The Balaban J connectivity index is 2.07. The Morgan fingerprint density at radius 2 is 2.33 bits per heavy atom. The third kappa shape index (κ3) is 3.17. The zero-order valence-corrected chi connectivity index (χ0v) is 10.4. The summed E-state index contributed by atoms with van der Waals surface area (Å²) in [4.78, 5) is 20.2. The fourth-order valence-electron chi connectivity index (χ4n) is 1.50. The van der Waals surface area contributed by atoms with E-state index in [1.165, 1.54) is 5.38 Å². The minimum absolute atomic E-state index is 0.107. The standard InChI is InChI=1S/C10H13N3O4S/c11-10-12-7(5-18-10)8(9(14)15)13-17-6-1-3-16-4-2-6/h5-6H,1-4H2,(H2,11,12)(H,14,15). The van der Waals surface area contributed by atoms with E-state index in [4.69, 9.17) is 20.4 Å². The van der Waals surface area contributed by atoms with Crippen molar-refractivity contribution in [3.8, 4) is 0 Å². The van der Waals surface area contributed by atoms with E-state index in [1.807, 2.05) is 0 Å². The third-order valence-corrected chi connectivity index (χ3v) is 3.10. The number of nitrogens with two attached hydrogens (primary N) is 1. The average Bonchev–Trinajstić information content (AvgIpc) is 2.77. The van der Waals surface area contributed by atoms with Crippen LogP contribution in [0.1, 0.15) is 18.5 Å². The maximum atomic E-state index is 11.1. The molecule has 3 N–H and O–H groups in total. The molecule has 0 amide bonds. The molecule has 1 saturated heterocycles. The van der Waals surface area contributed by atoms with E-state index >= 15 is 0 Å². The Kier molecular flexibility index (Phi) is 4.11. The average molecular weight is 271 g/mol. The number of aromatic nitrogens is 1. The van der Waals surface area contributed by atoms with E-state index in [9.17, 15) is 4.79 Å². The highest BCUT2D eigenvalue weighted by molar-refractivity contribution is 7.13. The molecule has 0 spiro atoms. The summed E-state index contributed by atoms with van der Waals surface area (Å²) in [5.74, 6) is -1.19. The molecule has 1 aromatic heterocycles. The number of nitrogen functional groups attached to an aromatic ring is 1. The molecule has 18 heavy (non-hydrogen) atoms. The fraction of sp³-hybridized carbons (Fsp3) is 0.500. The highest BCUT2D eigenvalue weighted by Crippen LogP contribution is 2.14. The van der Waals surface area contributed by atoms with Crippen LogP contribution in [0.15, 0.2) is 10.5 Å². The summed E-state index contributed by atoms with van der Waals surface area (Å²) in [5.41, 5.74) is 5.45. The molecule has 0 saturated carbocycles. The van der Waals surface area contributed by atoms with Crippen LogP contribution < -0.4 is 5.73 Å². The molecule has 98 valence electrons. The van der Waals surface area contributed by atoms with E-state index in [0.29, 0.717) is 31.2 Å². The number of carboxylic acid groups (broad SMARTS) is 1. The van der Waals surface area contributed by atoms with Crippen molar-refractivity contribution in [2.45, 2.75) is 18.9 Å². The molecular weight excluding hydrogens is 258 g/mol. The van der Waals surface area contributed by atoms with Crippen molar-refractivity contribution in [3.63, 3.8) is 0 Å². The van der Waals surface area contributed by atoms with Crippen LogP contribution >= 0.6 is 11.3 Å². The van der Waals surface area contributed by atoms with Crippen LogP contribution in [0, 0.1) is 0 Å². The highest BCUT2D eigenvalue weighted by atomic mass is 32.1. The smallest absolute Gasteiger partial charge is 0.360 e. The maximum absolute atomic E-state index is 11.1. The fourth-order valence-corrected chi connectivity index (χ4v) is 2.05. The molecule has 1 aliphatic heterocycles. The molecule has 8 heteroatoms. The van der Waals surface area contributed by atoms with Gasteiger partial charge in [0.1, 0.15) is 11.8 Å². The number of anilines is 1. The summed E-state index contributed by atoms with van der Waals surface area (Å²) in [5, 5.41) is 14.6. The van der Waals surface area contributed by atoms with Gasteiger partial charge in [-0.05, 0) is 0 Å².